The molecule has 2 nitrogen and oxygen atoms in total. The molecule has 0 aliphatic rings. The van der Waals surface area contributed by atoms with E-state index in [1.54, 1.807) is 11.9 Å². The molecule has 0 unspecified atom stereocenters. The van der Waals surface area contributed by atoms with Crippen LogP contribution in [0.3, 0.4) is 0 Å². The topological polar surface area (TPSA) is 27.0 Å². The summed E-state index contributed by atoms with van der Waals surface area (Å²) >= 11 is 0. The van der Waals surface area contributed by atoms with Gasteiger partial charge in [-0.3, -0.25) is 4.90 Å². The Balaban J connectivity index is 2.58. The van der Waals surface area contributed by atoms with Crippen molar-refractivity contribution in [3.05, 3.63) is 42.0 Å². The highest BCUT2D eigenvalue weighted by molar-refractivity contribution is 5.86. The van der Waals surface area contributed by atoms with E-state index < -0.39 is 0 Å². The first-order valence-electron chi connectivity index (χ1n) is 4.84. The predicted molar refractivity (Wildman–Crippen MR) is 62.7 cm³/mol. The van der Waals surface area contributed by atoms with E-state index in [-0.39, 0.29) is 0 Å². The summed E-state index contributed by atoms with van der Waals surface area (Å²) in [4.78, 5) is 1.55. The van der Waals surface area contributed by atoms with Crippen LogP contribution in [-0.4, -0.2) is 7.05 Å². The standard InChI is InChI=1S/C13H12N2/c1-10-3-4-12-8-13(15(2)9-14)6-5-11(12)7-10/h3-8H,1-2H3. The second-order valence-electron chi connectivity index (χ2n) is 3.69. The molecular weight excluding hydrogens is 184 g/mol. The first kappa shape index (κ1) is 9.54. The van der Waals surface area contributed by atoms with Crippen LogP contribution in [0.5, 0.6) is 0 Å². The lowest BCUT2D eigenvalue weighted by atomic mass is 10.1. The van der Waals surface area contributed by atoms with E-state index in [4.69, 9.17) is 5.26 Å². The predicted octanol–water partition coefficient (Wildman–Crippen LogP) is 3.07. The fourth-order valence-electron chi connectivity index (χ4n) is 1.62. The van der Waals surface area contributed by atoms with E-state index in [1.165, 1.54) is 16.3 Å². The first-order valence-corrected chi connectivity index (χ1v) is 4.84. The minimum absolute atomic E-state index is 0.925. The van der Waals surface area contributed by atoms with Gasteiger partial charge in [0.15, 0.2) is 6.19 Å². The number of fused-ring (bicyclic) bond motifs is 1. The molecule has 0 bridgehead atoms. The molecule has 0 aliphatic carbocycles. The maximum Gasteiger partial charge on any atom is 0.183 e. The maximum atomic E-state index is 8.78. The number of hydrogen-bond donors (Lipinski definition) is 0. The Labute approximate surface area is 89.4 Å². The van der Waals surface area contributed by atoms with Crippen LogP contribution in [0.25, 0.3) is 10.8 Å². The molecule has 15 heavy (non-hydrogen) atoms. The van der Waals surface area contributed by atoms with Gasteiger partial charge in [-0.1, -0.05) is 29.8 Å². The first-order chi connectivity index (χ1) is 7.20. The van der Waals surface area contributed by atoms with Gasteiger partial charge in [0.25, 0.3) is 0 Å². The van der Waals surface area contributed by atoms with E-state index in [9.17, 15) is 0 Å². The van der Waals surface area contributed by atoms with E-state index >= 15 is 0 Å². The molecular formula is C13H12N2. The molecule has 2 aromatic rings. The number of rotatable bonds is 1. The SMILES string of the molecule is Cc1ccc2cc(N(C)C#N)ccc2c1. The Morgan fingerprint density at radius 3 is 2.47 bits per heavy atom. The van der Waals surface area contributed by atoms with Crippen LogP contribution < -0.4 is 4.90 Å². The number of hydrogen-bond acceptors (Lipinski definition) is 2. The molecule has 0 radical (unpaired) electrons. The Bertz CT molecular complexity index is 538. The quantitative estimate of drug-likeness (QED) is 0.517. The van der Waals surface area contributed by atoms with Crippen molar-refractivity contribution >= 4 is 16.5 Å². The second-order valence-corrected chi connectivity index (χ2v) is 3.69. The highest BCUT2D eigenvalue weighted by Gasteiger charge is 2.00. The lowest BCUT2D eigenvalue weighted by Gasteiger charge is -2.09. The zero-order valence-electron chi connectivity index (χ0n) is 8.86. The average Bonchev–Trinajstić information content (AvgIpc) is 2.27. The van der Waals surface area contributed by atoms with Crippen molar-refractivity contribution in [1.82, 2.24) is 0 Å². The Morgan fingerprint density at radius 1 is 1.07 bits per heavy atom. The van der Waals surface area contributed by atoms with Crippen LogP contribution >= 0.6 is 0 Å². The van der Waals surface area contributed by atoms with E-state index in [2.05, 4.69) is 31.3 Å². The van der Waals surface area contributed by atoms with Gasteiger partial charge in [0.2, 0.25) is 0 Å². The number of anilines is 1. The van der Waals surface area contributed by atoms with Gasteiger partial charge < -0.3 is 0 Å². The van der Waals surface area contributed by atoms with Gasteiger partial charge in [-0.05, 0) is 29.8 Å². The molecule has 0 aromatic heterocycles. The van der Waals surface area contributed by atoms with Crippen LogP contribution in [0.15, 0.2) is 36.4 Å². The third kappa shape index (κ3) is 1.77. The van der Waals surface area contributed by atoms with Gasteiger partial charge in [0, 0.05) is 7.05 Å². The summed E-state index contributed by atoms with van der Waals surface area (Å²) < 4.78 is 0. The van der Waals surface area contributed by atoms with Crippen LogP contribution in [-0.2, 0) is 0 Å². The fourth-order valence-corrected chi connectivity index (χ4v) is 1.62. The molecule has 2 heteroatoms. The Morgan fingerprint density at radius 2 is 1.73 bits per heavy atom. The number of benzene rings is 2. The molecule has 0 heterocycles. The molecule has 2 aromatic carbocycles. The molecule has 0 amide bonds. The van der Waals surface area contributed by atoms with Crippen LogP contribution in [0.2, 0.25) is 0 Å². The minimum Gasteiger partial charge on any atom is -0.283 e. The molecule has 74 valence electrons. The Kier molecular flexibility index (Phi) is 2.31. The summed E-state index contributed by atoms with van der Waals surface area (Å²) in [5, 5.41) is 11.2. The van der Waals surface area contributed by atoms with Gasteiger partial charge in [-0.25, -0.2) is 0 Å². The molecule has 0 saturated carbocycles. The normalized spacial score (nSPS) is 9.93. The minimum atomic E-state index is 0.925. The molecule has 0 saturated heterocycles. The van der Waals surface area contributed by atoms with Gasteiger partial charge in [0.05, 0.1) is 5.69 Å². The van der Waals surface area contributed by atoms with Crippen molar-refractivity contribution in [2.75, 3.05) is 11.9 Å². The van der Waals surface area contributed by atoms with Crippen LogP contribution in [0, 0.1) is 18.4 Å². The van der Waals surface area contributed by atoms with Crippen LogP contribution in [0.4, 0.5) is 5.69 Å². The van der Waals surface area contributed by atoms with Crippen molar-refractivity contribution in [1.29, 1.82) is 5.26 Å². The smallest absolute Gasteiger partial charge is 0.183 e. The van der Waals surface area contributed by atoms with Crippen molar-refractivity contribution < 1.29 is 0 Å². The summed E-state index contributed by atoms with van der Waals surface area (Å²) in [5.41, 5.74) is 2.18. The van der Waals surface area contributed by atoms with Crippen molar-refractivity contribution in [3.8, 4) is 6.19 Å². The maximum absolute atomic E-state index is 8.78. The zero-order valence-corrected chi connectivity index (χ0v) is 8.86. The van der Waals surface area contributed by atoms with Gasteiger partial charge in [-0.15, -0.1) is 0 Å². The molecule has 0 atom stereocenters. The van der Waals surface area contributed by atoms with Crippen LogP contribution in [0.1, 0.15) is 5.56 Å². The van der Waals surface area contributed by atoms with E-state index in [0.717, 1.165) is 5.69 Å². The average molecular weight is 196 g/mol. The summed E-state index contributed by atoms with van der Waals surface area (Å²) in [7, 11) is 1.76. The fraction of sp³-hybridized carbons (Fsp3) is 0.154. The third-order valence-corrected chi connectivity index (χ3v) is 2.52. The van der Waals surface area contributed by atoms with Crippen molar-refractivity contribution in [3.63, 3.8) is 0 Å². The molecule has 0 fully saturated rings. The molecule has 0 spiro atoms. The van der Waals surface area contributed by atoms with Crippen molar-refractivity contribution in [2.45, 2.75) is 6.92 Å². The van der Waals surface area contributed by atoms with E-state index in [1.807, 2.05) is 18.2 Å². The highest BCUT2D eigenvalue weighted by atomic mass is 15.1. The Hall–Kier alpha value is -2.01. The highest BCUT2D eigenvalue weighted by Crippen LogP contribution is 2.21. The number of aryl methyl sites for hydroxylation is 1. The number of nitriles is 1. The lowest BCUT2D eigenvalue weighted by molar-refractivity contribution is 1.21. The monoisotopic (exact) mass is 196 g/mol. The second kappa shape index (κ2) is 3.62. The van der Waals surface area contributed by atoms with Crippen molar-refractivity contribution in [2.24, 2.45) is 0 Å². The third-order valence-electron chi connectivity index (χ3n) is 2.52. The summed E-state index contributed by atoms with van der Waals surface area (Å²) in [5.74, 6) is 0. The largest absolute Gasteiger partial charge is 0.283 e. The summed E-state index contributed by atoms with van der Waals surface area (Å²) in [6, 6.07) is 12.3. The number of nitrogens with zero attached hydrogens (tertiary/aromatic N) is 2. The van der Waals surface area contributed by atoms with Gasteiger partial charge in [-0.2, -0.15) is 5.26 Å². The van der Waals surface area contributed by atoms with Gasteiger partial charge >= 0.3 is 0 Å². The van der Waals surface area contributed by atoms with E-state index in [0.29, 0.717) is 0 Å². The summed E-state index contributed by atoms with van der Waals surface area (Å²) in [6.45, 7) is 2.08. The molecule has 0 aliphatic heterocycles. The lowest BCUT2D eigenvalue weighted by Crippen LogP contribution is -2.07. The zero-order chi connectivity index (χ0) is 10.8. The molecule has 0 N–H and O–H groups in total. The molecule has 2 rings (SSSR count). The van der Waals surface area contributed by atoms with Gasteiger partial charge in [0.1, 0.15) is 0 Å². The summed E-state index contributed by atoms with van der Waals surface area (Å²) in [6.07, 6.45) is 2.09.